The van der Waals surface area contributed by atoms with Gasteiger partial charge in [0.25, 0.3) is 0 Å². The zero-order valence-corrected chi connectivity index (χ0v) is 15.4. The van der Waals surface area contributed by atoms with Crippen molar-refractivity contribution in [3.8, 4) is 0 Å². The van der Waals surface area contributed by atoms with Crippen LogP contribution in [0.4, 0.5) is 0 Å². The number of benzene rings is 2. The third kappa shape index (κ3) is 4.04. The smallest absolute Gasteiger partial charge is 0.244 e. The fourth-order valence-corrected chi connectivity index (χ4v) is 3.65. The van der Waals surface area contributed by atoms with Crippen molar-refractivity contribution in [3.63, 3.8) is 0 Å². The number of fused-ring (bicyclic) bond motifs is 1. The Balaban J connectivity index is 1.46. The van der Waals surface area contributed by atoms with Crippen LogP contribution in [0, 0.1) is 0 Å². The lowest BCUT2D eigenvalue weighted by molar-refractivity contribution is -0.137. The first kappa shape index (κ1) is 17.8. The largest absolute Gasteiger partial charge is 0.378 e. The average Bonchev–Trinajstić information content (AvgIpc) is 3.15. The fourth-order valence-electron chi connectivity index (χ4n) is 3.65. The van der Waals surface area contributed by atoms with Crippen molar-refractivity contribution >= 4 is 16.8 Å². The lowest BCUT2D eigenvalue weighted by atomic mass is 10.0. The maximum absolute atomic E-state index is 13.1. The number of aromatic amines is 1. The maximum Gasteiger partial charge on any atom is 0.244 e. The summed E-state index contributed by atoms with van der Waals surface area (Å²) in [6.07, 6.45) is 2.93. The fraction of sp³-hybridized carbons (Fsp3) is 0.318. The Kier molecular flexibility index (Phi) is 5.51. The van der Waals surface area contributed by atoms with Gasteiger partial charge in [-0.25, -0.2) is 0 Å². The monoisotopic (exact) mass is 363 g/mol. The Hall–Kier alpha value is -2.63. The molecule has 2 heterocycles. The molecule has 0 unspecified atom stereocenters. The number of hydrogen-bond donors (Lipinski definition) is 2. The first-order valence-electron chi connectivity index (χ1n) is 9.53. The zero-order valence-electron chi connectivity index (χ0n) is 15.4. The number of nitrogens with one attached hydrogen (secondary N) is 2. The number of morpholine rings is 1. The number of aromatic nitrogens is 1. The van der Waals surface area contributed by atoms with E-state index in [9.17, 15) is 4.79 Å². The minimum absolute atomic E-state index is 0.128. The quantitative estimate of drug-likeness (QED) is 0.708. The molecule has 0 aliphatic carbocycles. The summed E-state index contributed by atoms with van der Waals surface area (Å²) >= 11 is 0. The molecule has 0 spiro atoms. The van der Waals surface area contributed by atoms with Gasteiger partial charge in [-0.15, -0.1) is 0 Å². The van der Waals surface area contributed by atoms with E-state index in [4.69, 9.17) is 4.74 Å². The van der Waals surface area contributed by atoms with Crippen molar-refractivity contribution in [2.75, 3.05) is 32.8 Å². The van der Waals surface area contributed by atoms with E-state index in [1.807, 2.05) is 41.3 Å². The lowest BCUT2D eigenvalue weighted by Gasteiger charge is -2.31. The predicted molar refractivity (Wildman–Crippen MR) is 107 cm³/mol. The standard InChI is InChI=1S/C22H25N3O2/c26-22(25-12-14-27-15-13-25)21(17-6-2-1-3-7-17)23-11-10-18-16-24-20-9-5-4-8-19(18)20/h1-9,16,21,23-24H,10-15H2/t21-/m0/s1. The highest BCUT2D eigenvalue weighted by Crippen LogP contribution is 2.20. The minimum Gasteiger partial charge on any atom is -0.378 e. The number of H-pyrrole nitrogens is 1. The summed E-state index contributed by atoms with van der Waals surface area (Å²) in [6, 6.07) is 18.0. The first-order valence-corrected chi connectivity index (χ1v) is 9.53. The number of rotatable bonds is 6. The molecule has 3 aromatic rings. The molecule has 5 nitrogen and oxygen atoms in total. The van der Waals surface area contributed by atoms with E-state index >= 15 is 0 Å². The molecular formula is C22H25N3O2. The summed E-state index contributed by atoms with van der Waals surface area (Å²) in [5, 5.41) is 4.74. The van der Waals surface area contributed by atoms with Gasteiger partial charge in [0.05, 0.1) is 13.2 Å². The van der Waals surface area contributed by atoms with Crippen LogP contribution in [0.25, 0.3) is 10.9 Å². The van der Waals surface area contributed by atoms with Crippen molar-refractivity contribution in [2.45, 2.75) is 12.5 Å². The van der Waals surface area contributed by atoms with Gasteiger partial charge in [-0.3, -0.25) is 4.79 Å². The number of nitrogens with zero attached hydrogens (tertiary/aromatic N) is 1. The molecule has 27 heavy (non-hydrogen) atoms. The SMILES string of the molecule is O=C([C@@H](NCCc1c[nH]c2ccccc12)c1ccccc1)N1CCOCC1. The second-order valence-electron chi connectivity index (χ2n) is 6.84. The molecule has 1 saturated heterocycles. The molecule has 1 aromatic heterocycles. The van der Waals surface area contributed by atoms with E-state index in [0.29, 0.717) is 26.3 Å². The van der Waals surface area contributed by atoms with Crippen LogP contribution in [-0.4, -0.2) is 48.6 Å². The Bertz CT molecular complexity index is 885. The second kappa shape index (κ2) is 8.37. The molecule has 0 bridgehead atoms. The van der Waals surface area contributed by atoms with Gasteiger partial charge >= 0.3 is 0 Å². The van der Waals surface area contributed by atoms with Gasteiger partial charge in [-0.1, -0.05) is 48.5 Å². The van der Waals surface area contributed by atoms with E-state index in [1.165, 1.54) is 10.9 Å². The summed E-state index contributed by atoms with van der Waals surface area (Å²) in [4.78, 5) is 18.3. The van der Waals surface area contributed by atoms with Gasteiger partial charge < -0.3 is 19.9 Å². The second-order valence-corrected chi connectivity index (χ2v) is 6.84. The van der Waals surface area contributed by atoms with Gasteiger partial charge in [0, 0.05) is 36.7 Å². The molecule has 0 saturated carbocycles. The molecular weight excluding hydrogens is 338 g/mol. The Labute approximate surface area is 159 Å². The van der Waals surface area contributed by atoms with Crippen molar-refractivity contribution in [1.82, 2.24) is 15.2 Å². The topological polar surface area (TPSA) is 57.4 Å². The van der Waals surface area contributed by atoms with Crippen LogP contribution in [-0.2, 0) is 16.0 Å². The number of carbonyl (C=O) groups is 1. The van der Waals surface area contributed by atoms with E-state index in [2.05, 4.69) is 34.7 Å². The molecule has 140 valence electrons. The highest BCUT2D eigenvalue weighted by atomic mass is 16.5. The molecule has 5 heteroatoms. The molecule has 2 N–H and O–H groups in total. The van der Waals surface area contributed by atoms with E-state index < -0.39 is 0 Å². The van der Waals surface area contributed by atoms with E-state index in [-0.39, 0.29) is 11.9 Å². The van der Waals surface area contributed by atoms with Crippen LogP contribution in [0.2, 0.25) is 0 Å². The maximum atomic E-state index is 13.1. The number of amides is 1. The highest BCUT2D eigenvalue weighted by molar-refractivity contribution is 5.84. The zero-order chi connectivity index (χ0) is 18.5. The van der Waals surface area contributed by atoms with Crippen molar-refractivity contribution in [1.29, 1.82) is 0 Å². The van der Waals surface area contributed by atoms with Gasteiger partial charge in [-0.05, 0) is 23.6 Å². The van der Waals surface area contributed by atoms with Crippen LogP contribution in [0.5, 0.6) is 0 Å². The minimum atomic E-state index is -0.325. The van der Waals surface area contributed by atoms with Crippen LogP contribution < -0.4 is 5.32 Å². The average molecular weight is 363 g/mol. The number of para-hydroxylation sites is 1. The Morgan fingerprint density at radius 3 is 2.63 bits per heavy atom. The first-order chi connectivity index (χ1) is 13.3. The predicted octanol–water partition coefficient (Wildman–Crippen LogP) is 2.90. The number of hydrogen-bond acceptors (Lipinski definition) is 3. The molecule has 1 atom stereocenters. The van der Waals surface area contributed by atoms with Crippen LogP contribution in [0.1, 0.15) is 17.2 Å². The highest BCUT2D eigenvalue weighted by Gasteiger charge is 2.26. The third-order valence-corrected chi connectivity index (χ3v) is 5.12. The molecule has 2 aromatic carbocycles. The van der Waals surface area contributed by atoms with Crippen molar-refractivity contribution in [2.24, 2.45) is 0 Å². The molecule has 4 rings (SSSR count). The molecule has 1 aliphatic heterocycles. The summed E-state index contributed by atoms with van der Waals surface area (Å²) in [5.41, 5.74) is 3.42. The van der Waals surface area contributed by atoms with Crippen molar-refractivity contribution in [3.05, 3.63) is 71.9 Å². The normalized spacial score (nSPS) is 15.8. The van der Waals surface area contributed by atoms with Crippen LogP contribution in [0.3, 0.4) is 0 Å². The Morgan fingerprint density at radius 2 is 1.81 bits per heavy atom. The summed E-state index contributed by atoms with van der Waals surface area (Å²) in [5.74, 6) is 0.128. The lowest BCUT2D eigenvalue weighted by Crippen LogP contribution is -2.46. The molecule has 1 fully saturated rings. The van der Waals surface area contributed by atoms with Gasteiger partial charge in [-0.2, -0.15) is 0 Å². The number of carbonyl (C=O) groups excluding carboxylic acids is 1. The summed E-state index contributed by atoms with van der Waals surface area (Å²) in [6.45, 7) is 3.28. The summed E-state index contributed by atoms with van der Waals surface area (Å²) < 4.78 is 5.39. The molecule has 1 amide bonds. The third-order valence-electron chi connectivity index (χ3n) is 5.12. The molecule has 0 radical (unpaired) electrons. The van der Waals surface area contributed by atoms with E-state index in [1.54, 1.807) is 0 Å². The Morgan fingerprint density at radius 1 is 1.07 bits per heavy atom. The summed E-state index contributed by atoms with van der Waals surface area (Å²) in [7, 11) is 0. The van der Waals surface area contributed by atoms with E-state index in [0.717, 1.165) is 24.0 Å². The van der Waals surface area contributed by atoms with Crippen LogP contribution >= 0.6 is 0 Å². The molecule has 1 aliphatic rings. The van der Waals surface area contributed by atoms with Gasteiger partial charge in [0.15, 0.2) is 0 Å². The van der Waals surface area contributed by atoms with Crippen molar-refractivity contribution < 1.29 is 9.53 Å². The van der Waals surface area contributed by atoms with Gasteiger partial charge in [0.1, 0.15) is 6.04 Å². The number of ether oxygens (including phenoxy) is 1. The van der Waals surface area contributed by atoms with Gasteiger partial charge in [0.2, 0.25) is 5.91 Å². The van der Waals surface area contributed by atoms with Crippen LogP contribution in [0.15, 0.2) is 60.8 Å².